The maximum atomic E-state index is 13.4. The number of nitrogens with zero attached hydrogens (tertiary/aromatic N) is 3. The lowest BCUT2D eigenvalue weighted by molar-refractivity contribution is -0.384. The number of non-ortho nitro benzene ring substituents is 1. The van der Waals surface area contributed by atoms with Gasteiger partial charge in [0, 0.05) is 18.6 Å². The first-order valence-electron chi connectivity index (χ1n) is 6.72. The number of hydrogen-bond donors (Lipinski definition) is 0. The van der Waals surface area contributed by atoms with Crippen LogP contribution in [0.1, 0.15) is 11.4 Å². The molecule has 122 valence electrons. The van der Waals surface area contributed by atoms with Crippen LogP contribution in [0.4, 0.5) is 10.1 Å². The fourth-order valence-electron chi connectivity index (χ4n) is 2.23. The smallest absolute Gasteiger partial charge is 0.296 e. The minimum Gasteiger partial charge on any atom is -0.296 e. The van der Waals surface area contributed by atoms with Crippen LogP contribution >= 0.6 is 15.9 Å². The van der Waals surface area contributed by atoms with Gasteiger partial charge in [-0.05, 0) is 39.7 Å². The third-order valence-corrected chi connectivity index (χ3v) is 3.92. The summed E-state index contributed by atoms with van der Waals surface area (Å²) in [6.45, 7) is 0. The topological polar surface area (TPSA) is 91.2 Å². The molecule has 0 spiro atoms. The third kappa shape index (κ3) is 3.11. The molecule has 7 nitrogen and oxygen atoms in total. The summed E-state index contributed by atoms with van der Waals surface area (Å²) in [6, 6.07) is 10.0. The molecule has 0 radical (unpaired) electrons. The molecule has 1 aromatic heterocycles. The Hall–Kier alpha value is -2.81. The Kier molecular flexibility index (Phi) is 4.26. The van der Waals surface area contributed by atoms with Gasteiger partial charge in [-0.2, -0.15) is 0 Å². The number of aromatic nitrogens is 2. The first kappa shape index (κ1) is 16.1. The first-order valence-corrected chi connectivity index (χ1v) is 7.51. The van der Waals surface area contributed by atoms with Crippen molar-refractivity contribution in [2.45, 2.75) is 6.42 Å². The van der Waals surface area contributed by atoms with Gasteiger partial charge < -0.3 is 0 Å². The zero-order valence-electron chi connectivity index (χ0n) is 12.0. The van der Waals surface area contributed by atoms with Crippen molar-refractivity contribution >= 4 is 21.6 Å². The van der Waals surface area contributed by atoms with Crippen LogP contribution in [0.15, 0.2) is 56.3 Å². The quantitative estimate of drug-likeness (QED) is 0.501. The van der Waals surface area contributed by atoms with Gasteiger partial charge in [-0.25, -0.2) is 13.8 Å². The number of nitro benzene ring substituents is 1. The minimum absolute atomic E-state index is 0.0607. The molecule has 0 aliphatic carbocycles. The average molecular weight is 394 g/mol. The first-order chi connectivity index (χ1) is 11.5. The molecule has 3 aromatic rings. The van der Waals surface area contributed by atoms with Crippen molar-refractivity contribution in [3.63, 3.8) is 0 Å². The fourth-order valence-corrected chi connectivity index (χ4v) is 2.60. The van der Waals surface area contributed by atoms with Crippen LogP contribution in [-0.2, 0) is 6.42 Å². The normalized spacial score (nSPS) is 10.8. The maximum Gasteiger partial charge on any atom is 0.446 e. The van der Waals surface area contributed by atoms with E-state index >= 15 is 0 Å². The lowest BCUT2D eigenvalue weighted by Gasteiger charge is -2.06. The second-order valence-electron chi connectivity index (χ2n) is 4.90. The van der Waals surface area contributed by atoms with E-state index in [0.717, 1.165) is 0 Å². The van der Waals surface area contributed by atoms with E-state index in [9.17, 15) is 19.3 Å². The highest BCUT2D eigenvalue weighted by molar-refractivity contribution is 9.10. The van der Waals surface area contributed by atoms with Crippen LogP contribution in [-0.4, -0.2) is 14.6 Å². The fraction of sp³-hybridized carbons (Fsp3) is 0.0667. The zero-order chi connectivity index (χ0) is 17.3. The molecule has 0 saturated carbocycles. The Labute approximate surface area is 142 Å². The highest BCUT2D eigenvalue weighted by Crippen LogP contribution is 2.21. The molecular formula is C15H9BrFN3O4. The number of halogens is 2. The van der Waals surface area contributed by atoms with Gasteiger partial charge in [-0.1, -0.05) is 17.3 Å². The van der Waals surface area contributed by atoms with Crippen LogP contribution in [0.25, 0.3) is 5.69 Å². The highest BCUT2D eigenvalue weighted by Gasteiger charge is 2.15. The van der Waals surface area contributed by atoms with Gasteiger partial charge in [0.15, 0.2) is 5.82 Å². The molecule has 1 heterocycles. The second-order valence-corrected chi connectivity index (χ2v) is 5.76. The monoisotopic (exact) mass is 393 g/mol. The van der Waals surface area contributed by atoms with Crippen molar-refractivity contribution in [1.82, 2.24) is 9.72 Å². The Morgan fingerprint density at radius 3 is 2.79 bits per heavy atom. The predicted octanol–water partition coefficient (Wildman–Crippen LogP) is 3.23. The highest BCUT2D eigenvalue weighted by atomic mass is 79.9. The SMILES string of the molecule is O=c1onc(Cc2cccc([N+](=O)[O-])c2)n1-c1ccc(F)c(Br)c1. The van der Waals surface area contributed by atoms with Crippen molar-refractivity contribution in [2.24, 2.45) is 0 Å². The lowest BCUT2D eigenvalue weighted by atomic mass is 10.1. The molecule has 0 fully saturated rings. The Bertz CT molecular complexity index is 983. The van der Waals surface area contributed by atoms with Gasteiger partial charge in [0.2, 0.25) is 0 Å². The molecule has 0 aliphatic heterocycles. The molecule has 0 aliphatic rings. The Morgan fingerprint density at radius 1 is 1.29 bits per heavy atom. The number of nitro groups is 1. The summed E-state index contributed by atoms with van der Waals surface area (Å²) < 4.78 is 19.4. The van der Waals surface area contributed by atoms with Gasteiger partial charge in [-0.15, -0.1) is 0 Å². The minimum atomic E-state index is -0.728. The molecule has 0 N–H and O–H groups in total. The summed E-state index contributed by atoms with van der Waals surface area (Å²) >= 11 is 3.06. The Balaban J connectivity index is 2.01. The molecule has 0 atom stereocenters. The van der Waals surface area contributed by atoms with E-state index in [1.54, 1.807) is 12.1 Å². The van der Waals surface area contributed by atoms with Crippen LogP contribution in [0, 0.1) is 15.9 Å². The third-order valence-electron chi connectivity index (χ3n) is 3.31. The number of hydrogen-bond acceptors (Lipinski definition) is 5. The lowest BCUT2D eigenvalue weighted by Crippen LogP contribution is -2.15. The van der Waals surface area contributed by atoms with Crippen molar-refractivity contribution in [3.05, 3.63) is 84.8 Å². The summed E-state index contributed by atoms with van der Waals surface area (Å²) in [5.74, 6) is -0.948. The molecule has 0 amide bonds. The summed E-state index contributed by atoms with van der Waals surface area (Å²) in [5, 5.41) is 14.6. The van der Waals surface area contributed by atoms with Crippen LogP contribution < -0.4 is 5.76 Å². The van der Waals surface area contributed by atoms with E-state index in [2.05, 4.69) is 25.6 Å². The van der Waals surface area contributed by atoms with Crippen molar-refractivity contribution < 1.29 is 13.8 Å². The molecule has 2 aromatic carbocycles. The van der Waals surface area contributed by atoms with Gasteiger partial charge in [0.25, 0.3) is 5.69 Å². The number of benzene rings is 2. The second kappa shape index (κ2) is 6.36. The van der Waals surface area contributed by atoms with Crippen LogP contribution in [0.5, 0.6) is 0 Å². The average Bonchev–Trinajstić information content (AvgIpc) is 2.91. The molecule has 9 heteroatoms. The van der Waals surface area contributed by atoms with Crippen LogP contribution in [0.2, 0.25) is 0 Å². The van der Waals surface area contributed by atoms with Gasteiger partial charge in [-0.3, -0.25) is 14.6 Å². The zero-order valence-corrected chi connectivity index (χ0v) is 13.6. The van der Waals surface area contributed by atoms with Gasteiger partial charge in [0.05, 0.1) is 15.1 Å². The summed E-state index contributed by atoms with van der Waals surface area (Å²) in [6.07, 6.45) is 0.141. The molecular weight excluding hydrogens is 385 g/mol. The Morgan fingerprint density at radius 2 is 2.08 bits per heavy atom. The molecule has 0 bridgehead atoms. The molecule has 0 saturated heterocycles. The molecule has 3 rings (SSSR count). The standard InChI is InChI=1S/C15H9BrFN3O4/c16-12-8-10(4-5-13(12)17)19-14(18-24-15(19)21)7-9-2-1-3-11(6-9)20(22)23/h1-6,8H,7H2. The summed E-state index contributed by atoms with van der Waals surface area (Å²) in [7, 11) is 0. The van der Waals surface area contributed by atoms with Gasteiger partial charge in [0.1, 0.15) is 5.82 Å². The van der Waals surface area contributed by atoms with E-state index < -0.39 is 16.5 Å². The van der Waals surface area contributed by atoms with Gasteiger partial charge >= 0.3 is 5.76 Å². The van der Waals surface area contributed by atoms with Crippen molar-refractivity contribution in [1.29, 1.82) is 0 Å². The van der Waals surface area contributed by atoms with E-state index in [0.29, 0.717) is 11.3 Å². The molecule has 24 heavy (non-hydrogen) atoms. The predicted molar refractivity (Wildman–Crippen MR) is 85.7 cm³/mol. The van der Waals surface area contributed by atoms with Crippen LogP contribution in [0.3, 0.4) is 0 Å². The van der Waals surface area contributed by atoms with E-state index in [1.807, 2.05) is 0 Å². The summed E-state index contributed by atoms with van der Waals surface area (Å²) in [4.78, 5) is 22.3. The van der Waals surface area contributed by atoms with E-state index in [-0.39, 0.29) is 22.4 Å². The van der Waals surface area contributed by atoms with E-state index in [4.69, 9.17) is 0 Å². The number of rotatable bonds is 4. The molecule has 0 unspecified atom stereocenters. The van der Waals surface area contributed by atoms with Crippen molar-refractivity contribution in [2.75, 3.05) is 0 Å². The largest absolute Gasteiger partial charge is 0.446 e. The maximum absolute atomic E-state index is 13.4. The summed E-state index contributed by atoms with van der Waals surface area (Å²) in [5.41, 5.74) is 0.900. The van der Waals surface area contributed by atoms with Crippen molar-refractivity contribution in [3.8, 4) is 5.69 Å². The van der Waals surface area contributed by atoms with E-state index in [1.165, 1.54) is 34.9 Å².